The van der Waals surface area contributed by atoms with Gasteiger partial charge in [-0.1, -0.05) is 6.92 Å². The summed E-state index contributed by atoms with van der Waals surface area (Å²) in [6.07, 6.45) is 0.503. The lowest BCUT2D eigenvalue weighted by Crippen LogP contribution is -2.27. The predicted molar refractivity (Wildman–Crippen MR) is 28.9 cm³/mol. The zero-order valence-corrected chi connectivity index (χ0v) is 4.87. The molecule has 0 aliphatic carbocycles. The van der Waals surface area contributed by atoms with Crippen LogP contribution in [-0.4, -0.2) is 12.2 Å². The van der Waals surface area contributed by atoms with Gasteiger partial charge in [-0.15, -0.1) is 0 Å². The molecule has 0 rings (SSSR count). The fourth-order valence-electron chi connectivity index (χ4n) is 0.144. The molecule has 0 saturated carbocycles. The molecule has 0 aromatic carbocycles. The molecule has 0 aromatic heterocycles. The largest absolute Gasteiger partial charge is 0.328 e. The molecule has 0 aliphatic heterocycles. The number of hydrogen-bond acceptors (Lipinski definition) is 1. The Bertz CT molecular complexity index is 46.0. The molecule has 7 heavy (non-hydrogen) atoms. The molecule has 0 radical (unpaired) electrons. The van der Waals surface area contributed by atoms with Crippen molar-refractivity contribution >= 4 is 0 Å². The lowest BCUT2D eigenvalue weighted by Gasteiger charge is -2.13. The van der Waals surface area contributed by atoms with Gasteiger partial charge in [0.25, 0.3) is 0 Å². The summed E-state index contributed by atoms with van der Waals surface area (Å²) < 4.78 is 12.4. The lowest BCUT2D eigenvalue weighted by molar-refractivity contribution is 0.194. The SMILES string of the molecule is CCC(C)(F)CN. The van der Waals surface area contributed by atoms with Crippen LogP contribution < -0.4 is 5.73 Å². The van der Waals surface area contributed by atoms with Gasteiger partial charge in [0.05, 0.1) is 0 Å². The Morgan fingerprint density at radius 3 is 2.14 bits per heavy atom. The Kier molecular flexibility index (Phi) is 2.23. The second-order valence-electron chi connectivity index (χ2n) is 1.97. The van der Waals surface area contributed by atoms with Gasteiger partial charge in [-0.2, -0.15) is 0 Å². The summed E-state index contributed by atoms with van der Waals surface area (Å²) in [6.45, 7) is 3.42. The van der Waals surface area contributed by atoms with E-state index in [0.717, 1.165) is 0 Å². The highest BCUT2D eigenvalue weighted by atomic mass is 19.1. The van der Waals surface area contributed by atoms with E-state index in [1.54, 1.807) is 6.92 Å². The number of rotatable bonds is 2. The van der Waals surface area contributed by atoms with Gasteiger partial charge in [-0.3, -0.25) is 0 Å². The van der Waals surface area contributed by atoms with Crippen molar-refractivity contribution in [2.24, 2.45) is 5.73 Å². The van der Waals surface area contributed by atoms with Gasteiger partial charge in [0.2, 0.25) is 0 Å². The zero-order valence-electron chi connectivity index (χ0n) is 4.87. The summed E-state index contributed by atoms with van der Waals surface area (Å²) in [6, 6.07) is 0. The van der Waals surface area contributed by atoms with Crippen LogP contribution in [0.15, 0.2) is 0 Å². The normalized spacial score (nSPS) is 18.9. The van der Waals surface area contributed by atoms with Crippen LogP contribution in [0.25, 0.3) is 0 Å². The Balaban J connectivity index is 3.36. The van der Waals surface area contributed by atoms with E-state index in [2.05, 4.69) is 0 Å². The molecule has 0 fully saturated rings. The minimum absolute atomic E-state index is 0.128. The maximum Gasteiger partial charge on any atom is 0.120 e. The van der Waals surface area contributed by atoms with Crippen LogP contribution in [0.5, 0.6) is 0 Å². The molecular weight excluding hydrogens is 93.1 g/mol. The third-order valence-electron chi connectivity index (χ3n) is 1.16. The van der Waals surface area contributed by atoms with E-state index in [1.807, 2.05) is 0 Å². The monoisotopic (exact) mass is 105 g/mol. The molecule has 1 atom stereocenters. The van der Waals surface area contributed by atoms with Gasteiger partial charge in [-0.25, -0.2) is 4.39 Å². The van der Waals surface area contributed by atoms with Crippen molar-refractivity contribution in [3.63, 3.8) is 0 Å². The molecule has 0 saturated heterocycles. The number of nitrogens with two attached hydrogens (primary N) is 1. The van der Waals surface area contributed by atoms with Crippen molar-refractivity contribution in [2.45, 2.75) is 25.9 Å². The molecule has 0 spiro atoms. The molecule has 2 N–H and O–H groups in total. The average molecular weight is 105 g/mol. The minimum Gasteiger partial charge on any atom is -0.328 e. The van der Waals surface area contributed by atoms with Crippen molar-refractivity contribution in [1.29, 1.82) is 0 Å². The van der Waals surface area contributed by atoms with E-state index in [-0.39, 0.29) is 6.54 Å². The van der Waals surface area contributed by atoms with Crippen molar-refractivity contribution in [3.8, 4) is 0 Å². The van der Waals surface area contributed by atoms with Gasteiger partial charge in [-0.05, 0) is 13.3 Å². The van der Waals surface area contributed by atoms with Gasteiger partial charge in [0, 0.05) is 6.54 Å². The predicted octanol–water partition coefficient (Wildman–Crippen LogP) is 1.08. The van der Waals surface area contributed by atoms with Crippen molar-refractivity contribution < 1.29 is 4.39 Å². The number of alkyl halides is 1. The molecule has 0 bridgehead atoms. The van der Waals surface area contributed by atoms with E-state index in [1.165, 1.54) is 6.92 Å². The zero-order chi connectivity index (χ0) is 5.91. The van der Waals surface area contributed by atoms with Gasteiger partial charge < -0.3 is 5.73 Å². The second-order valence-corrected chi connectivity index (χ2v) is 1.97. The quantitative estimate of drug-likeness (QED) is 0.558. The summed E-state index contributed by atoms with van der Waals surface area (Å²) in [5.41, 5.74) is 3.90. The number of halogens is 1. The molecule has 0 aliphatic rings. The van der Waals surface area contributed by atoms with Crippen molar-refractivity contribution in [2.75, 3.05) is 6.54 Å². The summed E-state index contributed by atoms with van der Waals surface area (Å²) in [5, 5.41) is 0. The summed E-state index contributed by atoms with van der Waals surface area (Å²) in [5.74, 6) is 0. The first kappa shape index (κ1) is 6.89. The molecular formula is C5H12FN. The Morgan fingerprint density at radius 1 is 1.71 bits per heavy atom. The van der Waals surface area contributed by atoms with E-state index in [9.17, 15) is 4.39 Å². The fourth-order valence-corrected chi connectivity index (χ4v) is 0.144. The van der Waals surface area contributed by atoms with E-state index < -0.39 is 5.67 Å². The van der Waals surface area contributed by atoms with Crippen LogP contribution in [0, 0.1) is 0 Å². The van der Waals surface area contributed by atoms with Crippen molar-refractivity contribution in [1.82, 2.24) is 0 Å². The highest BCUT2D eigenvalue weighted by Gasteiger charge is 2.16. The van der Waals surface area contributed by atoms with Gasteiger partial charge >= 0.3 is 0 Å². The fraction of sp³-hybridized carbons (Fsp3) is 1.00. The molecule has 2 heteroatoms. The van der Waals surface area contributed by atoms with E-state index in [4.69, 9.17) is 5.73 Å². The number of hydrogen-bond donors (Lipinski definition) is 1. The van der Waals surface area contributed by atoms with Crippen LogP contribution in [-0.2, 0) is 0 Å². The third kappa shape index (κ3) is 2.57. The van der Waals surface area contributed by atoms with Crippen LogP contribution in [0.4, 0.5) is 4.39 Å². The first-order valence-electron chi connectivity index (χ1n) is 2.51. The third-order valence-corrected chi connectivity index (χ3v) is 1.16. The summed E-state index contributed by atoms with van der Waals surface area (Å²) >= 11 is 0. The molecule has 0 amide bonds. The van der Waals surface area contributed by atoms with Crippen molar-refractivity contribution in [3.05, 3.63) is 0 Å². The standard InChI is InChI=1S/C5H12FN/c1-3-5(2,6)4-7/h3-4,7H2,1-2H3. The van der Waals surface area contributed by atoms with Gasteiger partial charge in [0.15, 0.2) is 0 Å². The summed E-state index contributed by atoms with van der Waals surface area (Å²) in [4.78, 5) is 0. The van der Waals surface area contributed by atoms with Crippen LogP contribution in [0.3, 0.4) is 0 Å². The molecule has 44 valence electrons. The first-order valence-corrected chi connectivity index (χ1v) is 2.51. The van der Waals surface area contributed by atoms with E-state index >= 15 is 0 Å². The summed E-state index contributed by atoms with van der Waals surface area (Å²) in [7, 11) is 0. The molecule has 0 heterocycles. The Labute approximate surface area is 43.7 Å². The molecule has 1 unspecified atom stereocenters. The lowest BCUT2D eigenvalue weighted by atomic mass is 10.1. The molecule has 0 aromatic rings. The van der Waals surface area contributed by atoms with Crippen LogP contribution in [0.2, 0.25) is 0 Å². The topological polar surface area (TPSA) is 26.0 Å². The van der Waals surface area contributed by atoms with Gasteiger partial charge in [0.1, 0.15) is 5.67 Å². The van der Waals surface area contributed by atoms with Crippen LogP contribution >= 0.6 is 0 Å². The van der Waals surface area contributed by atoms with Crippen LogP contribution in [0.1, 0.15) is 20.3 Å². The maximum atomic E-state index is 12.4. The van der Waals surface area contributed by atoms with E-state index in [0.29, 0.717) is 6.42 Å². The molecule has 1 nitrogen and oxygen atoms in total. The first-order chi connectivity index (χ1) is 3.12. The smallest absolute Gasteiger partial charge is 0.120 e. The Hall–Kier alpha value is -0.110. The highest BCUT2D eigenvalue weighted by Crippen LogP contribution is 2.10. The maximum absolute atomic E-state index is 12.4. The highest BCUT2D eigenvalue weighted by molar-refractivity contribution is 4.70. The Morgan fingerprint density at radius 2 is 2.14 bits per heavy atom. The minimum atomic E-state index is -1.14. The second kappa shape index (κ2) is 2.26. The average Bonchev–Trinajstić information content (AvgIpc) is 1.68.